The number of hydrogen-bond donors (Lipinski definition) is 1. The number of benzene rings is 2. The number of nitrogens with one attached hydrogen (secondary N) is 1. The van der Waals surface area contributed by atoms with Crippen LogP contribution in [0.5, 0.6) is 11.5 Å². The maximum Gasteiger partial charge on any atom is 0.416 e. The largest absolute Gasteiger partial charge is 0.490 e. The first-order valence-electron chi connectivity index (χ1n) is 10.9. The third-order valence-corrected chi connectivity index (χ3v) is 6.64. The van der Waals surface area contributed by atoms with E-state index in [-0.39, 0.29) is 35.7 Å². The summed E-state index contributed by atoms with van der Waals surface area (Å²) in [6, 6.07) is 7.93. The molecule has 2 aliphatic rings. The predicted octanol–water partition coefficient (Wildman–Crippen LogP) is 4.20. The van der Waals surface area contributed by atoms with Gasteiger partial charge in [0.25, 0.3) is 5.91 Å². The second-order valence-corrected chi connectivity index (χ2v) is 10.5. The van der Waals surface area contributed by atoms with E-state index in [0.717, 1.165) is 31.2 Å². The summed E-state index contributed by atoms with van der Waals surface area (Å²) in [5, 5.41) is 0. The first-order chi connectivity index (χ1) is 16.4. The molecule has 2 aromatic rings. The number of anilines is 1. The highest BCUT2D eigenvalue weighted by Crippen LogP contribution is 2.38. The van der Waals surface area contributed by atoms with Crippen LogP contribution in [0, 0.1) is 5.82 Å². The van der Waals surface area contributed by atoms with Crippen molar-refractivity contribution in [2.75, 3.05) is 17.6 Å². The van der Waals surface area contributed by atoms with Gasteiger partial charge in [-0.1, -0.05) is 0 Å². The van der Waals surface area contributed by atoms with Gasteiger partial charge in [0, 0.05) is 24.9 Å². The maximum atomic E-state index is 13.1. The summed E-state index contributed by atoms with van der Waals surface area (Å²) < 4.78 is 89.0. The molecule has 0 saturated carbocycles. The van der Waals surface area contributed by atoms with Crippen molar-refractivity contribution >= 4 is 21.6 Å². The van der Waals surface area contributed by atoms with E-state index < -0.39 is 34.1 Å². The number of ether oxygens (including phenoxy) is 2. The van der Waals surface area contributed by atoms with Crippen molar-refractivity contribution in [3.05, 3.63) is 53.8 Å². The first-order valence-corrected chi connectivity index (χ1v) is 12.8. The number of alkyl halides is 3. The van der Waals surface area contributed by atoms with Gasteiger partial charge < -0.3 is 14.4 Å². The molecular formula is C23H24F4N2O5S. The van der Waals surface area contributed by atoms with Crippen molar-refractivity contribution in [1.82, 2.24) is 4.90 Å². The predicted molar refractivity (Wildman–Crippen MR) is 119 cm³/mol. The molecule has 2 atom stereocenters. The molecular weight excluding hydrogens is 492 g/mol. The van der Waals surface area contributed by atoms with E-state index in [2.05, 4.69) is 0 Å². The average molecular weight is 517 g/mol. The average Bonchev–Trinajstić information content (AvgIpc) is 3.03. The molecule has 1 N–H and O–H groups in total. The molecule has 2 saturated heterocycles. The van der Waals surface area contributed by atoms with E-state index in [1.54, 1.807) is 17.0 Å². The smallest absolute Gasteiger partial charge is 0.416 e. The second kappa shape index (κ2) is 9.56. The van der Waals surface area contributed by atoms with Crippen LogP contribution in [-0.2, 0) is 21.0 Å². The fraction of sp³-hybridized carbons (Fsp3) is 0.435. The minimum Gasteiger partial charge on any atom is -0.490 e. The van der Waals surface area contributed by atoms with E-state index in [9.17, 15) is 30.8 Å². The van der Waals surface area contributed by atoms with Gasteiger partial charge in [-0.3, -0.25) is 9.52 Å². The molecule has 35 heavy (non-hydrogen) atoms. The summed E-state index contributed by atoms with van der Waals surface area (Å²) in [5.41, 5.74) is -1.45. The number of sulfonamides is 1. The summed E-state index contributed by atoms with van der Waals surface area (Å²) in [5.74, 6) is -0.338. The Morgan fingerprint density at radius 2 is 1.71 bits per heavy atom. The lowest BCUT2D eigenvalue weighted by Crippen LogP contribution is -2.50. The van der Waals surface area contributed by atoms with Gasteiger partial charge in [-0.05, 0) is 55.3 Å². The van der Waals surface area contributed by atoms with Crippen molar-refractivity contribution in [3.63, 3.8) is 0 Å². The highest BCUT2D eigenvalue weighted by molar-refractivity contribution is 7.92. The Kier molecular flexibility index (Phi) is 6.85. The summed E-state index contributed by atoms with van der Waals surface area (Å²) in [7, 11) is -3.89. The molecule has 2 aromatic carbocycles. The van der Waals surface area contributed by atoms with Crippen LogP contribution in [-0.4, -0.2) is 50.3 Å². The minimum atomic E-state index is -4.68. The van der Waals surface area contributed by atoms with Crippen LogP contribution in [0.4, 0.5) is 23.2 Å². The Bertz CT molecular complexity index is 1170. The zero-order valence-electron chi connectivity index (χ0n) is 18.7. The molecule has 0 aliphatic carbocycles. The number of piperidine rings is 1. The van der Waals surface area contributed by atoms with Gasteiger partial charge in [0.2, 0.25) is 10.0 Å². The van der Waals surface area contributed by atoms with Crippen LogP contribution >= 0.6 is 0 Å². The number of halogens is 4. The number of amides is 1. The summed E-state index contributed by atoms with van der Waals surface area (Å²) >= 11 is 0. The number of nitrogens with zero attached hydrogens (tertiary/aromatic N) is 1. The van der Waals surface area contributed by atoms with Crippen LogP contribution in [0.2, 0.25) is 0 Å². The maximum absolute atomic E-state index is 13.1. The van der Waals surface area contributed by atoms with E-state index in [0.29, 0.717) is 24.7 Å². The fourth-order valence-electron chi connectivity index (χ4n) is 4.66. The molecule has 0 spiro atoms. The number of carbonyl (C=O) groups is 1. The van der Waals surface area contributed by atoms with Crippen molar-refractivity contribution < 1.29 is 40.2 Å². The van der Waals surface area contributed by atoms with E-state index in [1.807, 2.05) is 4.72 Å². The highest BCUT2D eigenvalue weighted by atomic mass is 32.2. The number of rotatable bonds is 7. The Balaban J connectivity index is 1.41. The monoisotopic (exact) mass is 516 g/mol. The van der Waals surface area contributed by atoms with Crippen LogP contribution < -0.4 is 14.2 Å². The lowest BCUT2D eigenvalue weighted by atomic mass is 9.99. The van der Waals surface area contributed by atoms with Gasteiger partial charge in [0.05, 0.1) is 17.5 Å². The molecule has 2 aliphatic heterocycles. The molecule has 2 heterocycles. The highest BCUT2D eigenvalue weighted by Gasteiger charge is 2.44. The molecule has 190 valence electrons. The van der Waals surface area contributed by atoms with Gasteiger partial charge >= 0.3 is 6.18 Å². The lowest BCUT2D eigenvalue weighted by Gasteiger charge is -2.38. The van der Waals surface area contributed by atoms with Gasteiger partial charge in [-0.2, -0.15) is 13.2 Å². The van der Waals surface area contributed by atoms with Crippen LogP contribution in [0.15, 0.2) is 42.5 Å². The molecule has 0 aromatic heterocycles. The number of carbonyl (C=O) groups excluding carboxylic acids is 1. The Morgan fingerprint density at radius 3 is 2.29 bits per heavy atom. The van der Waals surface area contributed by atoms with Crippen LogP contribution in [0.3, 0.4) is 0 Å². The Morgan fingerprint density at radius 1 is 1.09 bits per heavy atom. The third kappa shape index (κ3) is 6.16. The number of hydrogen-bond acceptors (Lipinski definition) is 5. The normalized spacial score (nSPS) is 22.1. The zero-order chi connectivity index (χ0) is 25.4. The molecule has 7 nitrogen and oxygen atoms in total. The third-order valence-electron chi connectivity index (χ3n) is 6.05. The SMILES string of the molecule is CS(=O)(=O)Nc1cc(C(F)(F)F)ccc1OCC(=O)N1C2CCC1CC(Oc1ccc(F)cc1)C2. The standard InChI is InChI=1S/C23H24F4N2O5S/c1-35(31,32)28-20-10-14(23(25,26)27)2-9-21(20)33-13-22(30)29-16-5-6-17(29)12-19(11-16)34-18-7-3-15(24)4-8-18/h2-4,7-10,16-17,19,28H,5-6,11-13H2,1H3. The van der Waals surface area contributed by atoms with E-state index in [4.69, 9.17) is 9.47 Å². The van der Waals surface area contributed by atoms with Crippen molar-refractivity contribution in [2.24, 2.45) is 0 Å². The summed E-state index contributed by atoms with van der Waals surface area (Å²) in [6.07, 6.45) is -1.29. The zero-order valence-corrected chi connectivity index (χ0v) is 19.5. The summed E-state index contributed by atoms with van der Waals surface area (Å²) in [6.45, 7) is -0.458. The Labute approximate surface area is 200 Å². The summed E-state index contributed by atoms with van der Waals surface area (Å²) in [4.78, 5) is 14.7. The van der Waals surface area contributed by atoms with Crippen LogP contribution in [0.1, 0.15) is 31.2 Å². The van der Waals surface area contributed by atoms with Crippen molar-refractivity contribution in [3.8, 4) is 11.5 Å². The molecule has 4 rings (SSSR count). The quantitative estimate of drug-likeness (QED) is 0.558. The van der Waals surface area contributed by atoms with E-state index in [1.165, 1.54) is 12.1 Å². The fourth-order valence-corrected chi connectivity index (χ4v) is 5.22. The minimum absolute atomic E-state index is 0.0866. The van der Waals surface area contributed by atoms with E-state index >= 15 is 0 Å². The first kappa shape index (κ1) is 25.1. The lowest BCUT2D eigenvalue weighted by molar-refractivity contribution is -0.139. The van der Waals surface area contributed by atoms with Gasteiger partial charge in [-0.15, -0.1) is 0 Å². The molecule has 0 radical (unpaired) electrons. The van der Waals surface area contributed by atoms with Gasteiger partial charge in [-0.25, -0.2) is 12.8 Å². The van der Waals surface area contributed by atoms with Crippen LogP contribution in [0.25, 0.3) is 0 Å². The van der Waals surface area contributed by atoms with Crippen molar-refractivity contribution in [2.45, 2.75) is 50.0 Å². The topological polar surface area (TPSA) is 84.9 Å². The molecule has 1 amide bonds. The molecule has 2 bridgehead atoms. The molecule has 12 heteroatoms. The van der Waals surface area contributed by atoms with Crippen molar-refractivity contribution in [1.29, 1.82) is 0 Å². The van der Waals surface area contributed by atoms with Gasteiger partial charge in [0.15, 0.2) is 6.61 Å². The molecule has 2 fully saturated rings. The Hall–Kier alpha value is -3.02. The number of fused-ring (bicyclic) bond motifs is 2. The van der Waals surface area contributed by atoms with Gasteiger partial charge in [0.1, 0.15) is 23.4 Å². The second-order valence-electron chi connectivity index (χ2n) is 8.72. The molecule has 2 unspecified atom stereocenters.